The van der Waals surface area contributed by atoms with Crippen molar-refractivity contribution >= 4 is 17.7 Å². The van der Waals surface area contributed by atoms with E-state index in [1.165, 1.54) is 0 Å². The molecule has 5 nitrogen and oxygen atoms in total. The number of amides is 1. The predicted molar refractivity (Wildman–Crippen MR) is 107 cm³/mol. The van der Waals surface area contributed by atoms with E-state index < -0.39 is 0 Å². The van der Waals surface area contributed by atoms with Crippen LogP contribution in [0.3, 0.4) is 0 Å². The van der Waals surface area contributed by atoms with Crippen molar-refractivity contribution in [1.29, 1.82) is 0 Å². The molecule has 0 N–H and O–H groups in total. The predicted octanol–water partition coefficient (Wildman–Crippen LogP) is 3.39. The van der Waals surface area contributed by atoms with Gasteiger partial charge in [0.2, 0.25) is 11.8 Å². The van der Waals surface area contributed by atoms with Gasteiger partial charge in [-0.3, -0.25) is 4.79 Å². The molecule has 3 aliphatic heterocycles. The SMILES string of the molecule is O=C(C1CCSCC1)N1CCC2(CC1)OCCC2CCOc1ccccn1. The van der Waals surface area contributed by atoms with E-state index in [-0.39, 0.29) is 11.5 Å². The fourth-order valence-corrected chi connectivity index (χ4v) is 5.90. The summed E-state index contributed by atoms with van der Waals surface area (Å²) in [5, 5.41) is 0. The minimum Gasteiger partial charge on any atom is -0.478 e. The molecule has 0 radical (unpaired) electrons. The maximum Gasteiger partial charge on any atom is 0.225 e. The van der Waals surface area contributed by atoms with E-state index in [2.05, 4.69) is 9.88 Å². The molecule has 27 heavy (non-hydrogen) atoms. The standard InChI is InChI=1S/C21H30N2O3S/c24-20(17-6-15-27-16-7-17)23-11-8-21(9-12-23)18(5-14-26-21)4-13-25-19-3-1-2-10-22-19/h1-3,10,17-18H,4-9,11-16H2. The number of nitrogens with zero attached hydrogens (tertiary/aromatic N) is 2. The molecule has 1 aromatic heterocycles. The van der Waals surface area contributed by atoms with Crippen molar-refractivity contribution in [3.05, 3.63) is 24.4 Å². The van der Waals surface area contributed by atoms with Crippen molar-refractivity contribution in [2.45, 2.75) is 44.1 Å². The van der Waals surface area contributed by atoms with E-state index >= 15 is 0 Å². The third-order valence-electron chi connectivity index (χ3n) is 6.45. The van der Waals surface area contributed by atoms with E-state index in [1.807, 2.05) is 30.0 Å². The summed E-state index contributed by atoms with van der Waals surface area (Å²) in [5.74, 6) is 4.12. The third-order valence-corrected chi connectivity index (χ3v) is 7.49. The van der Waals surface area contributed by atoms with Crippen LogP contribution in [0, 0.1) is 11.8 Å². The van der Waals surface area contributed by atoms with Crippen molar-refractivity contribution < 1.29 is 14.3 Å². The van der Waals surface area contributed by atoms with E-state index in [0.717, 1.165) is 69.7 Å². The number of thioether (sulfide) groups is 1. The van der Waals surface area contributed by atoms with E-state index in [1.54, 1.807) is 6.20 Å². The lowest BCUT2D eigenvalue weighted by atomic mass is 9.78. The number of aromatic nitrogens is 1. The van der Waals surface area contributed by atoms with Crippen LogP contribution in [0.25, 0.3) is 0 Å². The molecule has 1 aromatic rings. The van der Waals surface area contributed by atoms with Crippen LogP contribution in [0.4, 0.5) is 0 Å². The summed E-state index contributed by atoms with van der Waals surface area (Å²) in [6.45, 7) is 3.21. The maximum absolute atomic E-state index is 12.8. The normalized spacial score (nSPS) is 25.6. The van der Waals surface area contributed by atoms with Gasteiger partial charge in [0.1, 0.15) is 0 Å². The number of carbonyl (C=O) groups is 1. The lowest BCUT2D eigenvalue weighted by molar-refractivity contribution is -0.142. The minimum atomic E-state index is -0.0489. The van der Waals surface area contributed by atoms with Crippen LogP contribution in [-0.4, -0.2) is 59.2 Å². The van der Waals surface area contributed by atoms with Crippen molar-refractivity contribution in [3.63, 3.8) is 0 Å². The highest BCUT2D eigenvalue weighted by molar-refractivity contribution is 7.99. The van der Waals surface area contributed by atoms with Crippen molar-refractivity contribution in [3.8, 4) is 5.88 Å². The Kier molecular flexibility index (Phi) is 6.23. The Labute approximate surface area is 166 Å². The Morgan fingerprint density at radius 3 is 2.81 bits per heavy atom. The molecule has 4 heterocycles. The second kappa shape index (κ2) is 8.82. The zero-order valence-corrected chi connectivity index (χ0v) is 16.8. The number of hydrogen-bond donors (Lipinski definition) is 0. The molecule has 6 heteroatoms. The van der Waals surface area contributed by atoms with Gasteiger partial charge in [-0.1, -0.05) is 6.07 Å². The summed E-state index contributed by atoms with van der Waals surface area (Å²) in [4.78, 5) is 19.1. The Morgan fingerprint density at radius 2 is 2.07 bits per heavy atom. The number of likely N-dealkylation sites (tertiary alicyclic amines) is 1. The van der Waals surface area contributed by atoms with Gasteiger partial charge >= 0.3 is 0 Å². The lowest BCUT2D eigenvalue weighted by Crippen LogP contribution is -2.51. The average molecular weight is 391 g/mol. The van der Waals surface area contributed by atoms with E-state index in [4.69, 9.17) is 9.47 Å². The van der Waals surface area contributed by atoms with Crippen molar-refractivity contribution in [2.24, 2.45) is 11.8 Å². The number of rotatable bonds is 5. The monoisotopic (exact) mass is 390 g/mol. The second-order valence-electron chi connectivity index (χ2n) is 7.92. The molecule has 3 aliphatic rings. The molecule has 148 valence electrons. The summed E-state index contributed by atoms with van der Waals surface area (Å²) >= 11 is 1.98. The molecule has 1 spiro atoms. The van der Waals surface area contributed by atoms with Gasteiger partial charge in [-0.15, -0.1) is 0 Å². The first kappa shape index (κ1) is 19.1. The molecule has 1 atom stereocenters. The van der Waals surface area contributed by atoms with Crippen molar-refractivity contribution in [1.82, 2.24) is 9.88 Å². The minimum absolute atomic E-state index is 0.0489. The van der Waals surface area contributed by atoms with Gasteiger partial charge in [0.05, 0.1) is 12.2 Å². The summed E-state index contributed by atoms with van der Waals surface area (Å²) in [6, 6.07) is 5.74. The van der Waals surface area contributed by atoms with Gasteiger partial charge in [0.25, 0.3) is 0 Å². The molecule has 0 aliphatic carbocycles. The van der Waals surface area contributed by atoms with Crippen LogP contribution in [-0.2, 0) is 9.53 Å². The van der Waals surface area contributed by atoms with Gasteiger partial charge in [-0.2, -0.15) is 11.8 Å². The van der Waals surface area contributed by atoms with Crippen LogP contribution in [0.5, 0.6) is 5.88 Å². The molecule has 3 saturated heterocycles. The molecule has 3 fully saturated rings. The number of carbonyl (C=O) groups excluding carboxylic acids is 1. The Balaban J connectivity index is 1.27. The van der Waals surface area contributed by atoms with Gasteiger partial charge in [0.15, 0.2) is 0 Å². The molecule has 0 bridgehead atoms. The van der Waals surface area contributed by atoms with Crippen LogP contribution in [0.15, 0.2) is 24.4 Å². The number of piperidine rings is 1. The summed E-state index contributed by atoms with van der Waals surface area (Å²) < 4.78 is 12.1. The molecular weight excluding hydrogens is 360 g/mol. The van der Waals surface area contributed by atoms with Crippen LogP contribution < -0.4 is 4.74 Å². The highest BCUT2D eigenvalue weighted by Crippen LogP contribution is 2.42. The Morgan fingerprint density at radius 1 is 1.26 bits per heavy atom. The quantitative estimate of drug-likeness (QED) is 0.771. The molecule has 0 saturated carbocycles. The summed E-state index contributed by atoms with van der Waals surface area (Å²) in [7, 11) is 0. The zero-order valence-electron chi connectivity index (χ0n) is 16.0. The smallest absolute Gasteiger partial charge is 0.225 e. The molecule has 0 aromatic carbocycles. The average Bonchev–Trinajstić information content (AvgIpc) is 3.11. The first-order valence-corrected chi connectivity index (χ1v) is 11.5. The van der Waals surface area contributed by atoms with Gasteiger partial charge in [-0.05, 0) is 62.0 Å². The molecule has 4 rings (SSSR count). The summed E-state index contributed by atoms with van der Waals surface area (Å²) in [6.07, 6.45) is 7.88. The zero-order chi connectivity index (χ0) is 18.5. The first-order valence-electron chi connectivity index (χ1n) is 10.3. The fraction of sp³-hybridized carbons (Fsp3) is 0.714. The van der Waals surface area contributed by atoms with E-state index in [0.29, 0.717) is 24.3 Å². The highest BCUT2D eigenvalue weighted by Gasteiger charge is 2.46. The highest BCUT2D eigenvalue weighted by atomic mass is 32.2. The first-order chi connectivity index (χ1) is 13.3. The topological polar surface area (TPSA) is 51.7 Å². The number of hydrogen-bond acceptors (Lipinski definition) is 5. The number of pyridine rings is 1. The third kappa shape index (κ3) is 4.43. The second-order valence-corrected chi connectivity index (χ2v) is 9.14. The Hall–Kier alpha value is -1.27. The number of ether oxygens (including phenoxy) is 2. The molecular formula is C21H30N2O3S. The van der Waals surface area contributed by atoms with Crippen molar-refractivity contribution in [2.75, 3.05) is 37.8 Å². The van der Waals surface area contributed by atoms with Crippen LogP contribution in [0.1, 0.15) is 38.5 Å². The van der Waals surface area contributed by atoms with Crippen LogP contribution in [0.2, 0.25) is 0 Å². The molecule has 1 amide bonds. The van der Waals surface area contributed by atoms with Crippen LogP contribution >= 0.6 is 11.8 Å². The lowest BCUT2D eigenvalue weighted by Gasteiger charge is -2.43. The van der Waals surface area contributed by atoms with Gasteiger partial charge < -0.3 is 14.4 Å². The Bertz CT molecular complexity index is 613. The fourth-order valence-electron chi connectivity index (χ4n) is 4.79. The molecule has 1 unspecified atom stereocenters. The van der Waals surface area contributed by atoms with Gasteiger partial charge in [0, 0.05) is 37.9 Å². The van der Waals surface area contributed by atoms with E-state index in [9.17, 15) is 4.79 Å². The maximum atomic E-state index is 12.8. The summed E-state index contributed by atoms with van der Waals surface area (Å²) in [5.41, 5.74) is -0.0489. The van der Waals surface area contributed by atoms with Gasteiger partial charge in [-0.25, -0.2) is 4.98 Å². The largest absolute Gasteiger partial charge is 0.478 e.